The van der Waals surface area contributed by atoms with E-state index >= 15 is 0 Å². The highest BCUT2D eigenvalue weighted by Crippen LogP contribution is 2.19. The SMILES string of the molecule is O=C(O)c1cc(Cc2ccccn2)ccc1O. The molecule has 2 rings (SSSR count). The number of pyridine rings is 1. The first-order valence-corrected chi connectivity index (χ1v) is 5.12. The molecule has 0 saturated heterocycles. The maximum Gasteiger partial charge on any atom is 0.339 e. The standard InChI is InChI=1S/C13H11NO3/c15-12-5-4-9(8-11(12)13(16)17)7-10-3-1-2-6-14-10/h1-6,8,15H,7H2,(H,16,17). The minimum Gasteiger partial charge on any atom is -0.507 e. The average Bonchev–Trinajstić information content (AvgIpc) is 2.32. The zero-order chi connectivity index (χ0) is 12.3. The van der Waals surface area contributed by atoms with Gasteiger partial charge in [-0.2, -0.15) is 0 Å². The summed E-state index contributed by atoms with van der Waals surface area (Å²) >= 11 is 0. The van der Waals surface area contributed by atoms with Crippen molar-refractivity contribution in [2.75, 3.05) is 0 Å². The van der Waals surface area contributed by atoms with E-state index in [0.717, 1.165) is 11.3 Å². The van der Waals surface area contributed by atoms with Gasteiger partial charge in [-0.25, -0.2) is 4.79 Å². The highest BCUT2D eigenvalue weighted by molar-refractivity contribution is 5.90. The molecule has 0 radical (unpaired) electrons. The second kappa shape index (κ2) is 4.65. The number of aromatic hydroxyl groups is 1. The van der Waals surface area contributed by atoms with Gasteiger partial charge < -0.3 is 10.2 Å². The maximum atomic E-state index is 10.9. The fourth-order valence-electron chi connectivity index (χ4n) is 1.58. The zero-order valence-electron chi connectivity index (χ0n) is 9.00. The van der Waals surface area contributed by atoms with E-state index in [0.29, 0.717) is 6.42 Å². The molecule has 0 aliphatic rings. The molecule has 0 bridgehead atoms. The fraction of sp³-hybridized carbons (Fsp3) is 0.0769. The van der Waals surface area contributed by atoms with E-state index in [1.54, 1.807) is 12.3 Å². The van der Waals surface area contributed by atoms with Crippen LogP contribution in [0.3, 0.4) is 0 Å². The van der Waals surface area contributed by atoms with E-state index in [2.05, 4.69) is 4.98 Å². The van der Waals surface area contributed by atoms with Crippen LogP contribution in [0.2, 0.25) is 0 Å². The first-order chi connectivity index (χ1) is 8.16. The first-order valence-electron chi connectivity index (χ1n) is 5.12. The van der Waals surface area contributed by atoms with Gasteiger partial charge in [0.25, 0.3) is 0 Å². The van der Waals surface area contributed by atoms with Gasteiger partial charge in [0.15, 0.2) is 0 Å². The Morgan fingerprint density at radius 1 is 1.24 bits per heavy atom. The lowest BCUT2D eigenvalue weighted by molar-refractivity contribution is 0.0693. The second-order valence-corrected chi connectivity index (χ2v) is 3.65. The highest BCUT2D eigenvalue weighted by Gasteiger charge is 2.10. The molecule has 2 N–H and O–H groups in total. The number of nitrogens with zero attached hydrogens (tertiary/aromatic N) is 1. The van der Waals surface area contributed by atoms with Crippen molar-refractivity contribution in [1.29, 1.82) is 0 Å². The van der Waals surface area contributed by atoms with E-state index in [4.69, 9.17) is 5.11 Å². The van der Waals surface area contributed by atoms with Crippen molar-refractivity contribution in [3.05, 3.63) is 59.4 Å². The van der Waals surface area contributed by atoms with Crippen LogP contribution >= 0.6 is 0 Å². The van der Waals surface area contributed by atoms with Gasteiger partial charge in [0, 0.05) is 18.3 Å². The Labute approximate surface area is 98.2 Å². The number of benzene rings is 1. The number of carbonyl (C=O) groups is 1. The van der Waals surface area contributed by atoms with Crippen LogP contribution in [-0.4, -0.2) is 21.2 Å². The van der Waals surface area contributed by atoms with Crippen LogP contribution in [0, 0.1) is 0 Å². The van der Waals surface area contributed by atoms with Crippen LogP contribution in [0.15, 0.2) is 42.6 Å². The molecule has 1 aromatic carbocycles. The van der Waals surface area contributed by atoms with Gasteiger partial charge in [-0.1, -0.05) is 12.1 Å². The summed E-state index contributed by atoms with van der Waals surface area (Å²) in [6.07, 6.45) is 2.23. The van der Waals surface area contributed by atoms with Crippen molar-refractivity contribution in [2.24, 2.45) is 0 Å². The summed E-state index contributed by atoms with van der Waals surface area (Å²) in [5.74, 6) is -1.35. The van der Waals surface area contributed by atoms with Gasteiger partial charge in [0.1, 0.15) is 11.3 Å². The fourth-order valence-corrected chi connectivity index (χ4v) is 1.58. The number of hydrogen-bond acceptors (Lipinski definition) is 3. The largest absolute Gasteiger partial charge is 0.507 e. The molecule has 17 heavy (non-hydrogen) atoms. The van der Waals surface area contributed by atoms with Crippen molar-refractivity contribution in [3.8, 4) is 5.75 Å². The normalized spacial score (nSPS) is 10.1. The summed E-state index contributed by atoms with van der Waals surface area (Å²) in [4.78, 5) is 15.0. The van der Waals surface area contributed by atoms with Gasteiger partial charge in [-0.3, -0.25) is 4.98 Å². The minimum atomic E-state index is -1.13. The molecule has 2 aromatic rings. The average molecular weight is 229 g/mol. The third-order valence-electron chi connectivity index (χ3n) is 2.40. The molecular formula is C13H11NO3. The van der Waals surface area contributed by atoms with Crippen molar-refractivity contribution < 1.29 is 15.0 Å². The molecule has 0 saturated carbocycles. The summed E-state index contributed by atoms with van der Waals surface area (Å²) in [5.41, 5.74) is 1.58. The molecule has 0 aliphatic heterocycles. The summed E-state index contributed by atoms with van der Waals surface area (Å²) in [7, 11) is 0. The molecule has 0 unspecified atom stereocenters. The quantitative estimate of drug-likeness (QED) is 0.845. The molecule has 0 atom stereocenters. The molecule has 0 aliphatic carbocycles. The van der Waals surface area contributed by atoms with Crippen LogP contribution in [0.4, 0.5) is 0 Å². The number of aromatic nitrogens is 1. The van der Waals surface area contributed by atoms with Crippen LogP contribution in [0.5, 0.6) is 5.75 Å². The number of rotatable bonds is 3. The molecular weight excluding hydrogens is 218 g/mol. The Hall–Kier alpha value is -2.36. The predicted molar refractivity (Wildman–Crippen MR) is 62.1 cm³/mol. The summed E-state index contributed by atoms with van der Waals surface area (Å²) in [6.45, 7) is 0. The summed E-state index contributed by atoms with van der Waals surface area (Å²) in [6, 6.07) is 10.1. The van der Waals surface area contributed by atoms with Gasteiger partial charge in [-0.15, -0.1) is 0 Å². The van der Waals surface area contributed by atoms with E-state index in [-0.39, 0.29) is 11.3 Å². The molecule has 4 nitrogen and oxygen atoms in total. The third kappa shape index (κ3) is 2.60. The van der Waals surface area contributed by atoms with Crippen LogP contribution in [0.1, 0.15) is 21.6 Å². The lowest BCUT2D eigenvalue weighted by Gasteiger charge is -2.04. The van der Waals surface area contributed by atoms with Gasteiger partial charge in [0.2, 0.25) is 0 Å². The zero-order valence-corrected chi connectivity index (χ0v) is 9.00. The van der Waals surface area contributed by atoms with Gasteiger partial charge in [0.05, 0.1) is 0 Å². The molecule has 1 aromatic heterocycles. The van der Waals surface area contributed by atoms with E-state index in [9.17, 15) is 9.90 Å². The number of carboxylic acid groups (broad SMARTS) is 1. The summed E-state index contributed by atoms with van der Waals surface area (Å²) in [5, 5.41) is 18.3. The Kier molecular flexibility index (Phi) is 3.05. The van der Waals surface area contributed by atoms with Gasteiger partial charge >= 0.3 is 5.97 Å². The van der Waals surface area contributed by atoms with Crippen molar-refractivity contribution in [1.82, 2.24) is 4.98 Å². The minimum absolute atomic E-state index is 0.0848. The van der Waals surface area contributed by atoms with Crippen LogP contribution < -0.4 is 0 Å². The molecule has 4 heteroatoms. The lowest BCUT2D eigenvalue weighted by atomic mass is 10.1. The molecule has 0 amide bonds. The monoisotopic (exact) mass is 229 g/mol. The highest BCUT2D eigenvalue weighted by atomic mass is 16.4. The smallest absolute Gasteiger partial charge is 0.339 e. The van der Waals surface area contributed by atoms with Crippen LogP contribution in [0.25, 0.3) is 0 Å². The first kappa shape index (κ1) is 11.1. The second-order valence-electron chi connectivity index (χ2n) is 3.65. The van der Waals surface area contributed by atoms with Gasteiger partial charge in [-0.05, 0) is 29.8 Å². The molecule has 1 heterocycles. The van der Waals surface area contributed by atoms with Crippen LogP contribution in [-0.2, 0) is 6.42 Å². The van der Waals surface area contributed by atoms with E-state index in [1.165, 1.54) is 12.1 Å². The predicted octanol–water partition coefficient (Wildman–Crippen LogP) is 2.08. The third-order valence-corrected chi connectivity index (χ3v) is 2.40. The number of phenols is 1. The maximum absolute atomic E-state index is 10.9. The van der Waals surface area contributed by atoms with Crippen molar-refractivity contribution in [3.63, 3.8) is 0 Å². The molecule has 86 valence electrons. The van der Waals surface area contributed by atoms with Crippen molar-refractivity contribution in [2.45, 2.75) is 6.42 Å². The Morgan fingerprint density at radius 2 is 2.06 bits per heavy atom. The van der Waals surface area contributed by atoms with E-state index in [1.807, 2.05) is 18.2 Å². The number of hydrogen-bond donors (Lipinski definition) is 2. The molecule has 0 fully saturated rings. The molecule has 0 spiro atoms. The Bertz CT molecular complexity index is 538. The number of carboxylic acids is 1. The van der Waals surface area contributed by atoms with E-state index < -0.39 is 5.97 Å². The topological polar surface area (TPSA) is 70.4 Å². The number of aromatic carboxylic acids is 1. The summed E-state index contributed by atoms with van der Waals surface area (Å²) < 4.78 is 0. The van der Waals surface area contributed by atoms with Crippen molar-refractivity contribution >= 4 is 5.97 Å². The Balaban J connectivity index is 2.29. The lowest BCUT2D eigenvalue weighted by Crippen LogP contribution is -1.99. The Morgan fingerprint density at radius 3 is 2.71 bits per heavy atom.